The van der Waals surface area contributed by atoms with Gasteiger partial charge in [0.2, 0.25) is 0 Å². The third-order valence-electron chi connectivity index (χ3n) is 3.59. The van der Waals surface area contributed by atoms with Gasteiger partial charge in [-0.05, 0) is 45.2 Å². The Labute approximate surface area is 125 Å². The van der Waals surface area contributed by atoms with E-state index in [1.54, 1.807) is 13.2 Å². The fraction of sp³-hybridized carbons (Fsp3) is 0.562. The Bertz CT molecular complexity index is 530. The van der Waals surface area contributed by atoms with E-state index in [4.69, 9.17) is 9.47 Å². The minimum atomic E-state index is -0.558. The molecule has 0 unspecified atom stereocenters. The number of aliphatic hydroxyl groups is 1. The largest absolute Gasteiger partial charge is 0.497 e. The van der Waals surface area contributed by atoms with Crippen molar-refractivity contribution in [3.63, 3.8) is 0 Å². The maximum Gasteiger partial charge on any atom is 0.412 e. The molecule has 116 valence electrons. The summed E-state index contributed by atoms with van der Waals surface area (Å²) in [5, 5.41) is 12.4. The monoisotopic (exact) mass is 293 g/mol. The van der Waals surface area contributed by atoms with Crippen molar-refractivity contribution in [1.29, 1.82) is 0 Å². The van der Waals surface area contributed by atoms with E-state index in [1.165, 1.54) is 0 Å². The van der Waals surface area contributed by atoms with Crippen LogP contribution in [0.15, 0.2) is 18.2 Å². The quantitative estimate of drug-likeness (QED) is 0.895. The standard InChI is InChI=1S/C16H23NO4/c1-15(2,3)21-14(19)17-13-9-11(20-4)5-6-12(13)16(10-18)7-8-16/h5-6,9,18H,7-8,10H2,1-4H3,(H,17,19). The molecule has 1 saturated carbocycles. The smallest absolute Gasteiger partial charge is 0.412 e. The van der Waals surface area contributed by atoms with Gasteiger partial charge in [-0.25, -0.2) is 4.79 Å². The molecule has 1 amide bonds. The van der Waals surface area contributed by atoms with Crippen molar-refractivity contribution in [2.45, 2.75) is 44.6 Å². The zero-order valence-corrected chi connectivity index (χ0v) is 13.0. The van der Waals surface area contributed by atoms with Crippen LogP contribution in [-0.2, 0) is 10.2 Å². The van der Waals surface area contributed by atoms with Crippen molar-refractivity contribution in [1.82, 2.24) is 0 Å². The van der Waals surface area contributed by atoms with Gasteiger partial charge in [0, 0.05) is 11.5 Å². The second kappa shape index (κ2) is 5.56. The fourth-order valence-corrected chi connectivity index (χ4v) is 2.29. The molecule has 21 heavy (non-hydrogen) atoms. The van der Waals surface area contributed by atoms with E-state index in [9.17, 15) is 9.90 Å². The molecule has 0 heterocycles. The van der Waals surface area contributed by atoms with Gasteiger partial charge in [0.05, 0.1) is 19.4 Å². The normalized spacial score (nSPS) is 16.2. The molecule has 0 aromatic heterocycles. The molecule has 1 fully saturated rings. The number of carbonyl (C=O) groups excluding carboxylic acids is 1. The molecule has 2 rings (SSSR count). The van der Waals surface area contributed by atoms with Gasteiger partial charge in [-0.3, -0.25) is 5.32 Å². The third-order valence-corrected chi connectivity index (χ3v) is 3.59. The maximum absolute atomic E-state index is 12.0. The van der Waals surface area contributed by atoms with E-state index < -0.39 is 11.7 Å². The Morgan fingerprint density at radius 2 is 2.05 bits per heavy atom. The first-order chi connectivity index (χ1) is 9.79. The van der Waals surface area contributed by atoms with Crippen LogP contribution in [0.1, 0.15) is 39.2 Å². The first kappa shape index (κ1) is 15.6. The molecular formula is C16H23NO4. The van der Waals surface area contributed by atoms with Crippen LogP contribution in [-0.4, -0.2) is 30.5 Å². The molecule has 0 spiro atoms. The van der Waals surface area contributed by atoms with Crippen LogP contribution >= 0.6 is 0 Å². The lowest BCUT2D eigenvalue weighted by molar-refractivity contribution is 0.0635. The summed E-state index contributed by atoms with van der Waals surface area (Å²) in [6, 6.07) is 5.50. The van der Waals surface area contributed by atoms with E-state index in [0.717, 1.165) is 18.4 Å². The summed E-state index contributed by atoms with van der Waals surface area (Å²) in [6.45, 7) is 5.52. The lowest BCUT2D eigenvalue weighted by Crippen LogP contribution is -2.28. The lowest BCUT2D eigenvalue weighted by Gasteiger charge is -2.22. The van der Waals surface area contributed by atoms with Gasteiger partial charge >= 0.3 is 6.09 Å². The SMILES string of the molecule is COc1ccc(C2(CO)CC2)c(NC(=O)OC(C)(C)C)c1. The fourth-order valence-electron chi connectivity index (χ4n) is 2.29. The molecule has 1 aliphatic rings. The average Bonchev–Trinajstić information content (AvgIpc) is 3.17. The van der Waals surface area contributed by atoms with Crippen LogP contribution in [0.3, 0.4) is 0 Å². The predicted molar refractivity (Wildman–Crippen MR) is 80.8 cm³/mol. The molecule has 0 saturated heterocycles. The van der Waals surface area contributed by atoms with Gasteiger partial charge < -0.3 is 14.6 Å². The van der Waals surface area contributed by atoms with Crippen molar-refractivity contribution >= 4 is 11.8 Å². The molecule has 0 aliphatic heterocycles. The second-order valence-corrected chi connectivity index (χ2v) is 6.48. The van der Waals surface area contributed by atoms with Crippen LogP contribution in [0.5, 0.6) is 5.75 Å². The molecule has 2 N–H and O–H groups in total. The van der Waals surface area contributed by atoms with E-state index in [-0.39, 0.29) is 12.0 Å². The Kier molecular flexibility index (Phi) is 4.14. The van der Waals surface area contributed by atoms with Crippen molar-refractivity contribution < 1.29 is 19.4 Å². The number of aliphatic hydroxyl groups excluding tert-OH is 1. The van der Waals surface area contributed by atoms with Crippen LogP contribution < -0.4 is 10.1 Å². The minimum Gasteiger partial charge on any atom is -0.497 e. The van der Waals surface area contributed by atoms with E-state index in [1.807, 2.05) is 32.9 Å². The van der Waals surface area contributed by atoms with Gasteiger partial charge in [0.25, 0.3) is 0 Å². The summed E-state index contributed by atoms with van der Waals surface area (Å²) >= 11 is 0. The maximum atomic E-state index is 12.0. The molecule has 1 aromatic carbocycles. The summed E-state index contributed by atoms with van der Waals surface area (Å²) < 4.78 is 10.5. The average molecular weight is 293 g/mol. The highest BCUT2D eigenvalue weighted by Crippen LogP contribution is 2.50. The van der Waals surface area contributed by atoms with Crippen LogP contribution in [0.25, 0.3) is 0 Å². The van der Waals surface area contributed by atoms with Crippen LogP contribution in [0.4, 0.5) is 10.5 Å². The number of methoxy groups -OCH3 is 1. The van der Waals surface area contributed by atoms with Crippen LogP contribution in [0.2, 0.25) is 0 Å². The number of hydrogen-bond donors (Lipinski definition) is 2. The molecule has 0 atom stereocenters. The number of hydrogen-bond acceptors (Lipinski definition) is 4. The van der Waals surface area contributed by atoms with E-state index in [2.05, 4.69) is 5.32 Å². The Morgan fingerprint density at radius 3 is 2.52 bits per heavy atom. The van der Waals surface area contributed by atoms with Gasteiger partial charge in [0.1, 0.15) is 11.4 Å². The molecule has 5 heteroatoms. The summed E-state index contributed by atoms with van der Waals surface area (Å²) in [5.74, 6) is 0.651. The van der Waals surface area contributed by atoms with Crippen molar-refractivity contribution in [3.05, 3.63) is 23.8 Å². The number of ether oxygens (including phenoxy) is 2. The third kappa shape index (κ3) is 3.67. The Hall–Kier alpha value is -1.75. The molecule has 0 radical (unpaired) electrons. The van der Waals surface area contributed by atoms with Crippen molar-refractivity contribution in [2.24, 2.45) is 0 Å². The predicted octanol–water partition coefficient (Wildman–Crippen LogP) is 3.07. The summed E-state index contributed by atoms with van der Waals surface area (Å²) in [4.78, 5) is 12.0. The van der Waals surface area contributed by atoms with Gasteiger partial charge in [-0.2, -0.15) is 0 Å². The van der Waals surface area contributed by atoms with Gasteiger partial charge in [-0.15, -0.1) is 0 Å². The summed E-state index contributed by atoms with van der Waals surface area (Å²) in [7, 11) is 1.57. The van der Waals surface area contributed by atoms with E-state index in [0.29, 0.717) is 11.4 Å². The topological polar surface area (TPSA) is 67.8 Å². The first-order valence-electron chi connectivity index (χ1n) is 7.09. The zero-order chi connectivity index (χ0) is 15.7. The number of rotatable bonds is 4. The van der Waals surface area contributed by atoms with Crippen molar-refractivity contribution in [3.8, 4) is 5.75 Å². The molecular weight excluding hydrogens is 270 g/mol. The molecule has 1 aromatic rings. The minimum absolute atomic E-state index is 0.0718. The first-order valence-corrected chi connectivity index (χ1v) is 7.09. The van der Waals surface area contributed by atoms with Crippen molar-refractivity contribution in [2.75, 3.05) is 19.0 Å². The van der Waals surface area contributed by atoms with E-state index >= 15 is 0 Å². The molecule has 5 nitrogen and oxygen atoms in total. The highest BCUT2D eigenvalue weighted by molar-refractivity contribution is 5.87. The van der Waals surface area contributed by atoms with Crippen LogP contribution in [0, 0.1) is 0 Å². The Balaban J connectivity index is 2.26. The highest BCUT2D eigenvalue weighted by atomic mass is 16.6. The lowest BCUT2D eigenvalue weighted by atomic mass is 9.95. The van der Waals surface area contributed by atoms with Gasteiger partial charge in [-0.1, -0.05) is 6.07 Å². The number of nitrogens with one attached hydrogen (secondary N) is 1. The molecule has 0 bridgehead atoms. The number of benzene rings is 1. The number of amides is 1. The summed E-state index contributed by atoms with van der Waals surface area (Å²) in [6.07, 6.45) is 1.32. The number of carbonyl (C=O) groups is 1. The second-order valence-electron chi connectivity index (χ2n) is 6.48. The highest BCUT2D eigenvalue weighted by Gasteiger charge is 2.45. The number of anilines is 1. The zero-order valence-electron chi connectivity index (χ0n) is 13.0. The van der Waals surface area contributed by atoms with Gasteiger partial charge in [0.15, 0.2) is 0 Å². The Morgan fingerprint density at radius 1 is 1.38 bits per heavy atom. The summed E-state index contributed by atoms with van der Waals surface area (Å²) in [5.41, 5.74) is 0.764. The molecule has 1 aliphatic carbocycles.